The number of ether oxygens (including phenoxy) is 6. The maximum Gasteiger partial charge on any atom is 0.220 e. The van der Waals surface area contributed by atoms with Gasteiger partial charge in [0, 0.05) is 6.42 Å². The average molecular weight is 1280 g/mol. The molecule has 19 nitrogen and oxygen atoms in total. The van der Waals surface area contributed by atoms with Gasteiger partial charge in [0.15, 0.2) is 18.9 Å². The summed E-state index contributed by atoms with van der Waals surface area (Å²) in [6.45, 7) is 1.69. The topological polar surface area (TPSA) is 307 Å². The lowest BCUT2D eigenvalue weighted by molar-refractivity contribution is -0.379. The minimum absolute atomic E-state index is 0.224. The minimum Gasteiger partial charge on any atom is -0.394 e. The number of allylic oxidation sites excluding steroid dienone is 11. The van der Waals surface area contributed by atoms with Gasteiger partial charge in [-0.3, -0.25) is 4.79 Å². The quantitative estimate of drug-likeness (QED) is 0.0199. The summed E-state index contributed by atoms with van der Waals surface area (Å²) >= 11 is 0. The first-order valence-electron chi connectivity index (χ1n) is 35.2. The van der Waals surface area contributed by atoms with Crippen LogP contribution in [0.25, 0.3) is 0 Å². The Morgan fingerprint density at radius 2 is 0.744 bits per heavy atom. The number of nitrogens with one attached hydrogen (secondary N) is 1. The molecular weight excluding hydrogens is 1150 g/mol. The minimum atomic E-state index is -1.99. The highest BCUT2D eigenvalue weighted by Crippen LogP contribution is 2.33. The molecule has 0 aromatic rings. The zero-order valence-corrected chi connectivity index (χ0v) is 55.1. The smallest absolute Gasteiger partial charge is 0.220 e. The molecule has 1 amide bonds. The second-order valence-corrected chi connectivity index (χ2v) is 25.0. The van der Waals surface area contributed by atoms with Crippen LogP contribution in [0.15, 0.2) is 72.9 Å². The molecule has 3 heterocycles. The van der Waals surface area contributed by atoms with Crippen LogP contribution in [0.1, 0.15) is 239 Å². The Kier molecular flexibility index (Phi) is 47.5. The van der Waals surface area contributed by atoms with Crippen LogP contribution in [0.5, 0.6) is 0 Å². The zero-order valence-electron chi connectivity index (χ0n) is 55.1. The number of carbonyl (C=O) groups is 1. The van der Waals surface area contributed by atoms with Crippen molar-refractivity contribution in [1.82, 2.24) is 5.32 Å². The molecule has 17 unspecified atom stereocenters. The molecule has 0 radical (unpaired) electrons. The molecule has 0 bridgehead atoms. The molecule has 3 aliphatic rings. The molecule has 90 heavy (non-hydrogen) atoms. The van der Waals surface area contributed by atoms with Gasteiger partial charge in [-0.05, 0) is 83.5 Å². The van der Waals surface area contributed by atoms with Crippen LogP contribution in [0.3, 0.4) is 0 Å². The van der Waals surface area contributed by atoms with Gasteiger partial charge in [-0.2, -0.15) is 0 Å². The van der Waals surface area contributed by atoms with Crippen molar-refractivity contribution in [3.8, 4) is 0 Å². The molecular formula is C71H125NO18. The molecule has 3 aliphatic heterocycles. The molecule has 17 atom stereocenters. The third kappa shape index (κ3) is 34.1. The Hall–Kier alpha value is -2.77. The van der Waals surface area contributed by atoms with Gasteiger partial charge in [0.1, 0.15) is 73.2 Å². The van der Waals surface area contributed by atoms with Crippen LogP contribution < -0.4 is 5.32 Å². The van der Waals surface area contributed by atoms with Crippen molar-refractivity contribution in [2.24, 2.45) is 0 Å². The number of hydrogen-bond acceptors (Lipinski definition) is 18. The van der Waals surface area contributed by atoms with Gasteiger partial charge in [0.05, 0.1) is 38.6 Å². The summed E-state index contributed by atoms with van der Waals surface area (Å²) in [7, 11) is 0. The Balaban J connectivity index is 1.46. The first-order valence-corrected chi connectivity index (χ1v) is 35.2. The third-order valence-corrected chi connectivity index (χ3v) is 17.2. The van der Waals surface area contributed by atoms with Crippen LogP contribution >= 0.6 is 0 Å². The van der Waals surface area contributed by atoms with Gasteiger partial charge in [-0.1, -0.05) is 222 Å². The van der Waals surface area contributed by atoms with Crippen LogP contribution in [-0.4, -0.2) is 193 Å². The van der Waals surface area contributed by atoms with Gasteiger partial charge in [-0.25, -0.2) is 0 Å². The van der Waals surface area contributed by atoms with Crippen molar-refractivity contribution in [3.63, 3.8) is 0 Å². The first-order chi connectivity index (χ1) is 43.8. The Labute approximate surface area is 540 Å². The zero-order chi connectivity index (χ0) is 65.4. The van der Waals surface area contributed by atoms with Crippen LogP contribution in [0, 0.1) is 0 Å². The summed E-state index contributed by atoms with van der Waals surface area (Å²) in [5, 5.41) is 121. The summed E-state index contributed by atoms with van der Waals surface area (Å²) in [5.74, 6) is -0.295. The Morgan fingerprint density at radius 1 is 0.400 bits per heavy atom. The number of hydrogen-bond donors (Lipinski definition) is 12. The lowest BCUT2D eigenvalue weighted by atomic mass is 9.96. The summed E-state index contributed by atoms with van der Waals surface area (Å²) in [6.07, 6.45) is 38.7. The number of unbranched alkanes of at least 4 members (excludes halogenated alkanes) is 27. The summed E-state index contributed by atoms with van der Waals surface area (Å²) in [4.78, 5) is 13.4. The van der Waals surface area contributed by atoms with Gasteiger partial charge < -0.3 is 89.9 Å². The van der Waals surface area contributed by atoms with E-state index < -0.39 is 124 Å². The molecule has 3 rings (SSSR count). The Morgan fingerprint density at radius 3 is 1.19 bits per heavy atom. The van der Waals surface area contributed by atoms with E-state index in [1.54, 1.807) is 6.08 Å². The maximum absolute atomic E-state index is 13.4. The lowest BCUT2D eigenvalue weighted by Crippen LogP contribution is -2.66. The fourth-order valence-corrected chi connectivity index (χ4v) is 11.5. The molecule has 3 fully saturated rings. The molecule has 12 N–H and O–H groups in total. The molecule has 0 aromatic carbocycles. The molecule has 0 aromatic heterocycles. The van der Waals surface area contributed by atoms with Gasteiger partial charge in [-0.15, -0.1) is 0 Å². The van der Waals surface area contributed by atoms with E-state index in [4.69, 9.17) is 28.4 Å². The molecule has 522 valence electrons. The highest BCUT2D eigenvalue weighted by molar-refractivity contribution is 5.76. The highest BCUT2D eigenvalue weighted by Gasteiger charge is 2.53. The SMILES string of the molecule is CCCCCCC/C=C\C/C=C\C/C=C\CCCCCCCCCCCCC(=O)NC(COC1OC(CO)C(OC2OC(CO)C(OC3OC(CO)C(O)C(O)C3O)C(O)C2O)C(O)C1O)C(O)/C=C/CC/C=C/CC/C=C/CCCCCCCCCCCC. The van der Waals surface area contributed by atoms with E-state index in [2.05, 4.69) is 79.9 Å². The van der Waals surface area contributed by atoms with E-state index in [0.29, 0.717) is 12.8 Å². The number of amides is 1. The Bertz CT molecular complexity index is 1920. The van der Waals surface area contributed by atoms with E-state index in [9.17, 15) is 61.0 Å². The van der Waals surface area contributed by atoms with Crippen molar-refractivity contribution in [2.45, 2.75) is 343 Å². The fourth-order valence-electron chi connectivity index (χ4n) is 11.5. The monoisotopic (exact) mass is 1280 g/mol. The van der Waals surface area contributed by atoms with Crippen molar-refractivity contribution >= 4 is 5.91 Å². The summed E-state index contributed by atoms with van der Waals surface area (Å²) in [5.41, 5.74) is 0. The number of aliphatic hydroxyl groups excluding tert-OH is 11. The van der Waals surface area contributed by atoms with Gasteiger partial charge >= 0.3 is 0 Å². The van der Waals surface area contributed by atoms with Crippen molar-refractivity contribution < 1.29 is 89.4 Å². The summed E-state index contributed by atoms with van der Waals surface area (Å²) < 4.78 is 34.3. The van der Waals surface area contributed by atoms with E-state index in [-0.39, 0.29) is 18.9 Å². The maximum atomic E-state index is 13.4. The van der Waals surface area contributed by atoms with Crippen molar-refractivity contribution in [3.05, 3.63) is 72.9 Å². The van der Waals surface area contributed by atoms with E-state index in [1.807, 2.05) is 6.08 Å². The van der Waals surface area contributed by atoms with Crippen LogP contribution in [0.2, 0.25) is 0 Å². The molecule has 0 aliphatic carbocycles. The first kappa shape index (κ1) is 81.5. The molecule has 0 saturated carbocycles. The second-order valence-electron chi connectivity index (χ2n) is 25.0. The number of aliphatic hydroxyl groups is 11. The lowest BCUT2D eigenvalue weighted by Gasteiger charge is -2.48. The largest absolute Gasteiger partial charge is 0.394 e. The van der Waals surface area contributed by atoms with E-state index in [1.165, 1.54) is 135 Å². The van der Waals surface area contributed by atoms with Gasteiger partial charge in [0.2, 0.25) is 5.91 Å². The van der Waals surface area contributed by atoms with Gasteiger partial charge in [0.25, 0.3) is 0 Å². The number of carbonyl (C=O) groups excluding carboxylic acids is 1. The summed E-state index contributed by atoms with van der Waals surface area (Å²) in [6, 6.07) is -1.00. The standard InChI is InChI=1S/C71H125NO18/c1-3-5-7-9-11-13-15-17-19-21-23-25-26-27-28-29-31-33-35-37-39-41-43-45-47-49-59(77)72-54(55(76)48-46-44-42-40-38-36-34-32-30-24-22-20-18-16-14-12-10-8-6-4-2)53-85-69-65(83)62(80)67(57(51-74)87-69)90-71-66(84)63(81)68(58(52-75)88-71)89-70-64(82)61(79)60(78)56(50-73)86-70/h15,17,21,23,26-27,30,32,38,40,46,48,54-58,60-71,73-76,78-84H,3-14,16,18-20,22,24-25,28-29,31,33-37,39,41-45,47,49-53H2,1-2H3,(H,72,77)/b17-15-,23-21-,27-26-,32-30+,40-38+,48-46+. The third-order valence-electron chi connectivity index (χ3n) is 17.2. The molecule has 19 heteroatoms. The second kappa shape index (κ2) is 52.5. The average Bonchev–Trinajstić information content (AvgIpc) is 0.847. The van der Waals surface area contributed by atoms with Crippen LogP contribution in [-0.2, 0) is 33.2 Å². The highest BCUT2D eigenvalue weighted by atomic mass is 16.8. The van der Waals surface area contributed by atoms with Crippen molar-refractivity contribution in [2.75, 3.05) is 26.4 Å². The number of rotatable bonds is 53. The molecule has 0 spiro atoms. The predicted octanol–water partition coefficient (Wildman–Crippen LogP) is 9.33. The fraction of sp³-hybridized carbons (Fsp3) is 0.817. The van der Waals surface area contributed by atoms with Crippen LogP contribution in [0.4, 0.5) is 0 Å². The van der Waals surface area contributed by atoms with Crippen molar-refractivity contribution in [1.29, 1.82) is 0 Å². The molecule has 3 saturated heterocycles. The van der Waals surface area contributed by atoms with E-state index in [0.717, 1.165) is 70.6 Å². The van der Waals surface area contributed by atoms with E-state index >= 15 is 0 Å². The predicted molar refractivity (Wildman–Crippen MR) is 351 cm³/mol. The normalized spacial score (nSPS) is 28.5.